The van der Waals surface area contributed by atoms with Crippen molar-refractivity contribution in [2.24, 2.45) is 0 Å². The van der Waals surface area contributed by atoms with Crippen molar-refractivity contribution in [3.63, 3.8) is 0 Å². The van der Waals surface area contributed by atoms with Gasteiger partial charge in [0, 0.05) is 23.2 Å². The first-order valence-electron chi connectivity index (χ1n) is 7.04. The number of aryl methyl sites for hydroxylation is 1. The number of amides is 1. The van der Waals surface area contributed by atoms with Crippen LogP contribution in [0.25, 0.3) is 0 Å². The fourth-order valence-corrected chi connectivity index (χ4v) is 4.11. The Bertz CT molecular complexity index is 651. The van der Waals surface area contributed by atoms with Gasteiger partial charge in [-0.15, -0.1) is 11.3 Å². The maximum atomic E-state index is 11.0. The van der Waals surface area contributed by atoms with Crippen LogP contribution in [0.4, 0.5) is 11.4 Å². The highest BCUT2D eigenvalue weighted by Crippen LogP contribution is 2.39. The van der Waals surface area contributed by atoms with E-state index in [1.54, 1.807) is 11.3 Å². The van der Waals surface area contributed by atoms with Gasteiger partial charge in [-0.2, -0.15) is 0 Å². The lowest BCUT2D eigenvalue weighted by Gasteiger charge is -2.24. The first-order chi connectivity index (χ1) is 10.1. The summed E-state index contributed by atoms with van der Waals surface area (Å²) in [5, 5.41) is 6.34. The molecular formula is C16H17ClN2OS. The van der Waals surface area contributed by atoms with E-state index in [4.69, 9.17) is 11.6 Å². The molecule has 1 atom stereocenters. The zero-order valence-electron chi connectivity index (χ0n) is 11.8. The third-order valence-corrected chi connectivity index (χ3v) is 4.97. The summed E-state index contributed by atoms with van der Waals surface area (Å²) < 4.78 is 0.870. The van der Waals surface area contributed by atoms with Crippen molar-refractivity contribution in [3.05, 3.63) is 45.1 Å². The van der Waals surface area contributed by atoms with Gasteiger partial charge in [-0.3, -0.25) is 4.79 Å². The second-order valence-electron chi connectivity index (χ2n) is 5.28. The molecule has 110 valence electrons. The van der Waals surface area contributed by atoms with E-state index in [1.165, 1.54) is 23.8 Å². The van der Waals surface area contributed by atoms with Crippen molar-refractivity contribution in [3.8, 4) is 0 Å². The smallest absolute Gasteiger partial charge is 0.221 e. The van der Waals surface area contributed by atoms with Crippen LogP contribution in [-0.4, -0.2) is 5.91 Å². The molecule has 1 aromatic carbocycles. The molecule has 1 aromatic heterocycles. The van der Waals surface area contributed by atoms with E-state index >= 15 is 0 Å². The van der Waals surface area contributed by atoms with E-state index in [-0.39, 0.29) is 5.91 Å². The van der Waals surface area contributed by atoms with E-state index in [0.29, 0.717) is 6.04 Å². The maximum absolute atomic E-state index is 11.0. The summed E-state index contributed by atoms with van der Waals surface area (Å²) >= 11 is 7.83. The van der Waals surface area contributed by atoms with Gasteiger partial charge in [0.25, 0.3) is 0 Å². The van der Waals surface area contributed by atoms with Crippen LogP contribution >= 0.6 is 22.9 Å². The Morgan fingerprint density at radius 2 is 2.00 bits per heavy atom. The van der Waals surface area contributed by atoms with Crippen LogP contribution in [0, 0.1) is 0 Å². The molecule has 3 nitrogen and oxygen atoms in total. The first-order valence-corrected chi connectivity index (χ1v) is 8.23. The predicted molar refractivity (Wildman–Crippen MR) is 89.4 cm³/mol. The fourth-order valence-electron chi connectivity index (χ4n) is 2.73. The lowest BCUT2D eigenvalue weighted by molar-refractivity contribution is -0.114. The van der Waals surface area contributed by atoms with E-state index in [9.17, 15) is 4.79 Å². The largest absolute Gasteiger partial charge is 0.378 e. The van der Waals surface area contributed by atoms with Crippen LogP contribution in [0.1, 0.15) is 36.2 Å². The molecule has 0 aliphatic heterocycles. The lowest BCUT2D eigenvalue weighted by atomic mass is 9.94. The second-order valence-corrected chi connectivity index (χ2v) is 7.04. The minimum absolute atomic E-state index is 0.0550. The molecule has 5 heteroatoms. The Balaban J connectivity index is 1.74. The lowest BCUT2D eigenvalue weighted by Crippen LogP contribution is -2.15. The Labute approximate surface area is 133 Å². The molecule has 0 spiro atoms. The van der Waals surface area contributed by atoms with Crippen molar-refractivity contribution in [2.45, 2.75) is 32.2 Å². The summed E-state index contributed by atoms with van der Waals surface area (Å²) in [5.74, 6) is -0.0550. The summed E-state index contributed by atoms with van der Waals surface area (Å²) in [6.07, 6.45) is 3.44. The summed E-state index contributed by atoms with van der Waals surface area (Å²) in [6.45, 7) is 1.51. The third kappa shape index (κ3) is 3.39. The SMILES string of the molecule is CC(=O)Nc1ccc(NC2CCCc3sc(Cl)cc32)cc1. The van der Waals surface area contributed by atoms with Gasteiger partial charge < -0.3 is 10.6 Å². The van der Waals surface area contributed by atoms with Crippen molar-refractivity contribution < 1.29 is 4.79 Å². The van der Waals surface area contributed by atoms with Gasteiger partial charge in [-0.1, -0.05) is 11.6 Å². The van der Waals surface area contributed by atoms with Crippen LogP contribution < -0.4 is 10.6 Å². The predicted octanol–water partition coefficient (Wildman–Crippen LogP) is 4.85. The van der Waals surface area contributed by atoms with Gasteiger partial charge in [0.1, 0.15) is 0 Å². The molecule has 0 radical (unpaired) electrons. The van der Waals surface area contributed by atoms with Crippen LogP contribution in [0.2, 0.25) is 4.34 Å². The molecular weight excluding hydrogens is 304 g/mol. The minimum Gasteiger partial charge on any atom is -0.378 e. The molecule has 0 saturated heterocycles. The van der Waals surface area contributed by atoms with Gasteiger partial charge in [-0.25, -0.2) is 0 Å². The highest BCUT2D eigenvalue weighted by atomic mass is 35.5. The maximum Gasteiger partial charge on any atom is 0.221 e. The molecule has 1 aliphatic carbocycles. The number of benzene rings is 1. The highest BCUT2D eigenvalue weighted by Gasteiger charge is 2.22. The number of anilines is 2. The molecule has 0 saturated carbocycles. The van der Waals surface area contributed by atoms with E-state index in [0.717, 1.165) is 28.6 Å². The fraction of sp³-hybridized carbons (Fsp3) is 0.312. The molecule has 2 aromatic rings. The van der Waals surface area contributed by atoms with Gasteiger partial charge >= 0.3 is 0 Å². The topological polar surface area (TPSA) is 41.1 Å². The summed E-state index contributed by atoms with van der Waals surface area (Å²) in [7, 11) is 0. The van der Waals surface area contributed by atoms with Gasteiger partial charge in [0.2, 0.25) is 5.91 Å². The van der Waals surface area contributed by atoms with Crippen molar-refractivity contribution in [1.82, 2.24) is 0 Å². The summed E-state index contributed by atoms with van der Waals surface area (Å²) in [4.78, 5) is 12.4. The number of fused-ring (bicyclic) bond motifs is 1. The van der Waals surface area contributed by atoms with Crippen LogP contribution in [0.15, 0.2) is 30.3 Å². The molecule has 2 N–H and O–H groups in total. The first kappa shape index (κ1) is 14.4. The van der Waals surface area contributed by atoms with E-state index < -0.39 is 0 Å². The number of rotatable bonds is 3. The molecule has 1 amide bonds. The second kappa shape index (κ2) is 6.08. The minimum atomic E-state index is -0.0550. The van der Waals surface area contributed by atoms with Gasteiger partial charge in [0.05, 0.1) is 10.4 Å². The molecule has 1 heterocycles. The van der Waals surface area contributed by atoms with E-state index in [2.05, 4.69) is 16.7 Å². The Morgan fingerprint density at radius 1 is 1.29 bits per heavy atom. The van der Waals surface area contributed by atoms with Crippen LogP contribution in [-0.2, 0) is 11.2 Å². The highest BCUT2D eigenvalue weighted by molar-refractivity contribution is 7.16. The quantitative estimate of drug-likeness (QED) is 0.848. The molecule has 1 unspecified atom stereocenters. The van der Waals surface area contributed by atoms with E-state index in [1.807, 2.05) is 24.3 Å². The number of hydrogen-bond donors (Lipinski definition) is 2. The Morgan fingerprint density at radius 3 is 2.71 bits per heavy atom. The normalized spacial score (nSPS) is 17.1. The monoisotopic (exact) mass is 320 g/mol. The average Bonchev–Trinajstić information content (AvgIpc) is 2.82. The zero-order valence-corrected chi connectivity index (χ0v) is 13.4. The molecule has 21 heavy (non-hydrogen) atoms. The average molecular weight is 321 g/mol. The number of carbonyl (C=O) groups excluding carboxylic acids is 1. The van der Waals surface area contributed by atoms with Crippen molar-refractivity contribution >= 4 is 40.2 Å². The number of carbonyl (C=O) groups is 1. The molecule has 0 bridgehead atoms. The summed E-state index contributed by atoms with van der Waals surface area (Å²) in [6, 6.07) is 10.2. The van der Waals surface area contributed by atoms with Gasteiger partial charge in [-0.05, 0) is 55.2 Å². The third-order valence-electron chi connectivity index (χ3n) is 3.63. The summed E-state index contributed by atoms with van der Waals surface area (Å²) in [5.41, 5.74) is 3.21. The number of thiophene rings is 1. The standard InChI is InChI=1S/C16H17ClN2OS/c1-10(20)18-11-5-7-12(8-6-11)19-14-3-2-4-15-13(14)9-16(17)21-15/h5-9,14,19H,2-4H2,1H3,(H,18,20). The number of nitrogens with one attached hydrogen (secondary N) is 2. The number of halogens is 1. The molecule has 3 rings (SSSR count). The zero-order chi connectivity index (χ0) is 14.8. The molecule has 1 aliphatic rings. The Hall–Kier alpha value is -1.52. The number of hydrogen-bond acceptors (Lipinski definition) is 3. The molecule has 0 fully saturated rings. The Kier molecular flexibility index (Phi) is 4.17. The van der Waals surface area contributed by atoms with Crippen molar-refractivity contribution in [2.75, 3.05) is 10.6 Å². The van der Waals surface area contributed by atoms with Crippen LogP contribution in [0.5, 0.6) is 0 Å². The van der Waals surface area contributed by atoms with Gasteiger partial charge in [0.15, 0.2) is 0 Å². The van der Waals surface area contributed by atoms with Crippen LogP contribution in [0.3, 0.4) is 0 Å². The van der Waals surface area contributed by atoms with Crippen molar-refractivity contribution in [1.29, 1.82) is 0 Å².